The number of alkyl halides is 3. The van der Waals surface area contributed by atoms with Crippen LogP contribution in [0.1, 0.15) is 16.7 Å². The third-order valence-electron chi connectivity index (χ3n) is 6.28. The van der Waals surface area contributed by atoms with Crippen LogP contribution in [-0.2, 0) is 5.54 Å². The van der Waals surface area contributed by atoms with Crippen molar-refractivity contribution in [1.29, 1.82) is 0 Å². The maximum absolute atomic E-state index is 15.3. The number of nitrogens with zero attached hydrogens (tertiary/aromatic N) is 2. The fraction of sp³-hybridized carbons (Fsp3) is 0.115. The quantitative estimate of drug-likeness (QED) is 0.206. The molecule has 2 heterocycles. The summed E-state index contributed by atoms with van der Waals surface area (Å²) >= 11 is 15.6. The van der Waals surface area contributed by atoms with Crippen LogP contribution in [0.25, 0.3) is 22.2 Å². The lowest BCUT2D eigenvalue weighted by Crippen LogP contribution is -2.50. The lowest BCUT2D eigenvalue weighted by Gasteiger charge is -2.37. The Morgan fingerprint density at radius 2 is 1.69 bits per heavy atom. The highest BCUT2D eigenvalue weighted by Gasteiger charge is 2.60. The van der Waals surface area contributed by atoms with Crippen molar-refractivity contribution in [1.82, 2.24) is 14.8 Å². The third kappa shape index (κ3) is 3.88. The van der Waals surface area contributed by atoms with Crippen molar-refractivity contribution in [2.45, 2.75) is 18.6 Å². The molecule has 0 bridgehead atoms. The molecule has 0 aliphatic carbocycles. The first-order valence-corrected chi connectivity index (χ1v) is 12.3. The molecule has 0 saturated carbocycles. The van der Waals surface area contributed by atoms with Crippen molar-refractivity contribution in [3.63, 3.8) is 0 Å². The van der Waals surface area contributed by atoms with E-state index in [4.69, 9.17) is 28.9 Å². The van der Waals surface area contributed by atoms with Gasteiger partial charge in [-0.2, -0.15) is 18.3 Å². The Hall–Kier alpha value is -2.94. The smallest absolute Gasteiger partial charge is 0.399 e. The fourth-order valence-corrected chi connectivity index (χ4v) is 5.46. The molecule has 36 heavy (non-hydrogen) atoms. The molecule has 10 heteroatoms. The monoisotopic (exact) mass is 592 g/mol. The third-order valence-corrected chi connectivity index (χ3v) is 7.35. The summed E-state index contributed by atoms with van der Waals surface area (Å²) in [5, 5.41) is 5.04. The molecule has 4 nitrogen and oxygen atoms in total. The van der Waals surface area contributed by atoms with Crippen molar-refractivity contribution in [3.8, 4) is 11.3 Å². The number of anilines is 1. The first kappa shape index (κ1) is 24.7. The van der Waals surface area contributed by atoms with Gasteiger partial charge in [0.2, 0.25) is 5.54 Å². The van der Waals surface area contributed by atoms with Crippen molar-refractivity contribution < 1.29 is 13.2 Å². The summed E-state index contributed by atoms with van der Waals surface area (Å²) in [5.41, 5.74) is 6.81. The second-order valence-electron chi connectivity index (χ2n) is 8.45. The van der Waals surface area contributed by atoms with Crippen LogP contribution < -0.4 is 5.73 Å². The van der Waals surface area contributed by atoms with Gasteiger partial charge < -0.3 is 10.7 Å². The van der Waals surface area contributed by atoms with Crippen LogP contribution in [0.15, 0.2) is 77.5 Å². The van der Waals surface area contributed by atoms with E-state index < -0.39 is 11.7 Å². The molecule has 5 rings (SSSR count). The van der Waals surface area contributed by atoms with E-state index in [2.05, 4.69) is 26.0 Å². The molecule has 0 aliphatic heterocycles. The zero-order valence-electron chi connectivity index (χ0n) is 18.7. The Kier molecular flexibility index (Phi) is 6.09. The molecule has 184 valence electrons. The highest BCUT2D eigenvalue weighted by Crippen LogP contribution is 2.49. The summed E-state index contributed by atoms with van der Waals surface area (Å²) < 4.78 is 47.3. The maximum atomic E-state index is 15.3. The summed E-state index contributed by atoms with van der Waals surface area (Å²) in [6.07, 6.45) is -2.45. The molecule has 2 aromatic heterocycles. The largest absolute Gasteiger partial charge is 0.422 e. The van der Waals surface area contributed by atoms with Crippen molar-refractivity contribution >= 4 is 55.7 Å². The van der Waals surface area contributed by atoms with E-state index in [1.54, 1.807) is 12.1 Å². The zero-order chi connectivity index (χ0) is 25.8. The van der Waals surface area contributed by atoms with Crippen molar-refractivity contribution in [3.05, 3.63) is 104 Å². The van der Waals surface area contributed by atoms with Crippen LogP contribution in [0.4, 0.5) is 18.9 Å². The van der Waals surface area contributed by atoms with E-state index in [0.717, 1.165) is 21.5 Å². The van der Waals surface area contributed by atoms with Gasteiger partial charge in [0.05, 0.1) is 16.7 Å². The highest BCUT2D eigenvalue weighted by molar-refractivity contribution is 9.10. The number of nitrogens with two attached hydrogens (primary N) is 1. The minimum Gasteiger partial charge on any atom is -0.399 e. The molecule has 0 amide bonds. The number of nitrogens with one attached hydrogen (secondary N) is 1. The van der Waals surface area contributed by atoms with Gasteiger partial charge in [0.25, 0.3) is 0 Å². The average molecular weight is 594 g/mol. The predicted octanol–water partition coefficient (Wildman–Crippen LogP) is 8.35. The number of aromatic amines is 1. The van der Waals surface area contributed by atoms with Crippen LogP contribution in [0.3, 0.4) is 0 Å². The van der Waals surface area contributed by atoms with Gasteiger partial charge in [-0.05, 0) is 75.9 Å². The van der Waals surface area contributed by atoms with E-state index >= 15 is 13.2 Å². The van der Waals surface area contributed by atoms with Crippen molar-refractivity contribution in [2.75, 3.05) is 5.73 Å². The van der Waals surface area contributed by atoms with Gasteiger partial charge in [0.1, 0.15) is 0 Å². The number of fused-ring (bicyclic) bond motifs is 1. The van der Waals surface area contributed by atoms with Gasteiger partial charge in [-0.1, -0.05) is 47.5 Å². The first-order chi connectivity index (χ1) is 17.0. The van der Waals surface area contributed by atoms with Crippen LogP contribution in [0.2, 0.25) is 10.0 Å². The van der Waals surface area contributed by atoms with Crippen LogP contribution >= 0.6 is 39.1 Å². The number of rotatable bonds is 4. The number of aromatic nitrogens is 3. The normalized spacial score (nSPS) is 13.8. The molecule has 0 saturated heterocycles. The standard InChI is InChI=1S/C26H18BrCl2F3N4/c1-14-21-10-17(11-22(27)24(21)35-23(14)15-3-2-4-20(33)9-15)25(26(30,31)32,36-13-19(29)12-34-36)16-5-7-18(28)8-6-16/h2-13,35H,33H2,1H3. The Morgan fingerprint density at radius 3 is 2.31 bits per heavy atom. The number of benzene rings is 3. The first-order valence-electron chi connectivity index (χ1n) is 10.7. The Balaban J connectivity index is 1.85. The van der Waals surface area contributed by atoms with Gasteiger partial charge in [-0.15, -0.1) is 0 Å². The number of H-pyrrole nitrogens is 1. The van der Waals surface area contributed by atoms with Gasteiger partial charge in [0, 0.05) is 38.0 Å². The lowest BCUT2D eigenvalue weighted by molar-refractivity contribution is -0.189. The molecular weight excluding hydrogens is 576 g/mol. The van der Waals surface area contributed by atoms with Gasteiger partial charge in [-0.25, -0.2) is 4.68 Å². The number of aryl methyl sites for hydroxylation is 1. The van der Waals surface area contributed by atoms with E-state index in [-0.39, 0.29) is 16.1 Å². The number of halogens is 6. The molecule has 3 aromatic carbocycles. The molecule has 0 spiro atoms. The van der Waals surface area contributed by atoms with Crippen LogP contribution in [0, 0.1) is 6.92 Å². The Labute approximate surface area is 223 Å². The van der Waals surface area contributed by atoms with Crippen LogP contribution in [0.5, 0.6) is 0 Å². The molecule has 0 fully saturated rings. The summed E-state index contributed by atoms with van der Waals surface area (Å²) in [6, 6.07) is 15.9. The Morgan fingerprint density at radius 1 is 0.972 bits per heavy atom. The molecular formula is C26H18BrCl2F3N4. The molecule has 0 aliphatic rings. The van der Waals surface area contributed by atoms with E-state index in [1.165, 1.54) is 42.7 Å². The SMILES string of the molecule is Cc1c(-c2cccc(N)c2)[nH]c2c(Br)cc(C(c3ccc(Cl)cc3)(n3cc(Cl)cn3)C(F)(F)F)cc12. The number of hydrogen-bond donors (Lipinski definition) is 2. The van der Waals surface area contributed by atoms with E-state index in [1.807, 2.05) is 25.1 Å². The minimum absolute atomic E-state index is 0.0438. The minimum atomic E-state index is -4.80. The summed E-state index contributed by atoms with van der Waals surface area (Å²) in [7, 11) is 0. The predicted molar refractivity (Wildman–Crippen MR) is 142 cm³/mol. The molecule has 1 atom stereocenters. The summed E-state index contributed by atoms with van der Waals surface area (Å²) in [5.74, 6) is 0. The lowest BCUT2D eigenvalue weighted by atomic mass is 9.81. The summed E-state index contributed by atoms with van der Waals surface area (Å²) in [4.78, 5) is 3.34. The van der Waals surface area contributed by atoms with Gasteiger partial charge in [0.15, 0.2) is 0 Å². The maximum Gasteiger partial charge on any atom is 0.422 e. The van der Waals surface area contributed by atoms with E-state index in [0.29, 0.717) is 26.1 Å². The van der Waals surface area contributed by atoms with Gasteiger partial charge >= 0.3 is 6.18 Å². The molecule has 3 N–H and O–H groups in total. The second-order valence-corrected chi connectivity index (χ2v) is 10.2. The second kappa shape index (κ2) is 8.87. The number of hydrogen-bond acceptors (Lipinski definition) is 2. The van der Waals surface area contributed by atoms with Crippen molar-refractivity contribution in [2.24, 2.45) is 0 Å². The van der Waals surface area contributed by atoms with E-state index in [9.17, 15) is 0 Å². The molecule has 0 radical (unpaired) electrons. The topological polar surface area (TPSA) is 59.6 Å². The highest BCUT2D eigenvalue weighted by atomic mass is 79.9. The fourth-order valence-electron chi connectivity index (χ4n) is 4.64. The zero-order valence-corrected chi connectivity index (χ0v) is 21.8. The Bertz CT molecular complexity index is 1590. The number of nitrogen functional groups attached to an aromatic ring is 1. The van der Waals surface area contributed by atoms with Gasteiger partial charge in [-0.3, -0.25) is 0 Å². The summed E-state index contributed by atoms with van der Waals surface area (Å²) in [6.45, 7) is 1.86. The molecule has 1 unspecified atom stereocenters. The molecule has 5 aromatic rings. The van der Waals surface area contributed by atoms with Crippen LogP contribution in [-0.4, -0.2) is 20.9 Å². The average Bonchev–Trinajstić information content (AvgIpc) is 3.39.